The SMILES string of the molecule is CO/N=C(\C(=O)NC1C(CSc2nc(=O)c(=O)[nH]n2C)=C(C(=O)O)N2C(=O)C[C@H]2S1=O)c1c[se]c(N)n1. The summed E-state index contributed by atoms with van der Waals surface area (Å²) in [5.41, 5.74) is 3.06. The fourth-order valence-electron chi connectivity index (χ4n) is 3.56. The number of aryl methyl sites for hydroxylation is 1. The minimum absolute atomic E-state index is 0.0135. The van der Waals surface area contributed by atoms with Gasteiger partial charge in [-0.3, -0.25) is 9.59 Å². The number of aromatic nitrogens is 4. The first-order chi connectivity index (χ1) is 17.5. The number of fused-ring (bicyclic) bond motifs is 1. The van der Waals surface area contributed by atoms with Crippen LogP contribution in [0.5, 0.6) is 0 Å². The number of amides is 2. The van der Waals surface area contributed by atoms with Crippen molar-refractivity contribution in [1.82, 2.24) is 30.0 Å². The van der Waals surface area contributed by atoms with Gasteiger partial charge in [-0.25, -0.2) is 0 Å². The number of oxime groups is 1. The van der Waals surface area contributed by atoms with E-state index in [1.807, 2.05) is 0 Å². The minimum atomic E-state index is -1.95. The molecule has 1 fully saturated rings. The van der Waals surface area contributed by atoms with Gasteiger partial charge in [-0.1, -0.05) is 0 Å². The van der Waals surface area contributed by atoms with Crippen LogP contribution in [0, 0.1) is 0 Å². The second kappa shape index (κ2) is 10.4. The Kier molecular flexibility index (Phi) is 7.49. The van der Waals surface area contributed by atoms with Crippen molar-refractivity contribution < 1.29 is 28.5 Å². The Morgan fingerprint density at radius 2 is 2.14 bits per heavy atom. The van der Waals surface area contributed by atoms with Crippen molar-refractivity contribution in [2.45, 2.75) is 22.3 Å². The zero-order valence-electron chi connectivity index (χ0n) is 19.0. The number of rotatable bonds is 8. The zero-order valence-corrected chi connectivity index (χ0v) is 22.3. The van der Waals surface area contributed by atoms with E-state index in [4.69, 9.17) is 10.6 Å². The maximum absolute atomic E-state index is 13.4. The molecular formula is C18H18N8O8S2Se. The van der Waals surface area contributed by atoms with Crippen LogP contribution in [0.2, 0.25) is 0 Å². The second-order valence-corrected chi connectivity index (χ2v) is 11.9. The molecule has 2 aliphatic heterocycles. The first kappa shape index (κ1) is 26.5. The van der Waals surface area contributed by atoms with E-state index in [1.54, 1.807) is 4.94 Å². The molecule has 3 atom stereocenters. The van der Waals surface area contributed by atoms with Crippen LogP contribution in [0.3, 0.4) is 0 Å². The van der Waals surface area contributed by atoms with Gasteiger partial charge in [0, 0.05) is 0 Å². The summed E-state index contributed by atoms with van der Waals surface area (Å²) in [6.45, 7) is 0. The van der Waals surface area contributed by atoms with Crippen molar-refractivity contribution in [3.63, 3.8) is 0 Å². The number of nitrogens with two attached hydrogens (primary N) is 1. The molecular weight excluding hydrogens is 599 g/mol. The molecule has 0 bridgehead atoms. The summed E-state index contributed by atoms with van der Waals surface area (Å²) in [6, 6.07) is 0. The second-order valence-electron chi connectivity index (χ2n) is 7.47. The average molecular weight is 617 g/mol. The van der Waals surface area contributed by atoms with Crippen molar-refractivity contribution >= 4 is 65.3 Å². The maximum atomic E-state index is 13.4. The van der Waals surface area contributed by atoms with Gasteiger partial charge in [-0.15, -0.1) is 0 Å². The van der Waals surface area contributed by atoms with Gasteiger partial charge in [-0.2, -0.15) is 0 Å². The van der Waals surface area contributed by atoms with E-state index in [0.29, 0.717) is 4.69 Å². The molecule has 2 aromatic heterocycles. The number of anilines is 1. The molecule has 37 heavy (non-hydrogen) atoms. The molecule has 1 saturated heterocycles. The predicted molar refractivity (Wildman–Crippen MR) is 130 cm³/mol. The van der Waals surface area contributed by atoms with E-state index >= 15 is 0 Å². The van der Waals surface area contributed by atoms with Gasteiger partial charge in [0.1, 0.15) is 0 Å². The number of aliphatic carboxylic acids is 1. The number of hydrogen-bond acceptors (Lipinski definition) is 12. The molecule has 5 N–H and O–H groups in total. The number of β-lactam (4-membered cyclic amide) rings is 1. The van der Waals surface area contributed by atoms with Crippen LogP contribution in [0.15, 0.2) is 36.1 Å². The topological polar surface area (TPSA) is 232 Å². The summed E-state index contributed by atoms with van der Waals surface area (Å²) in [6.07, 6.45) is -0.167. The summed E-state index contributed by atoms with van der Waals surface area (Å²) in [4.78, 5) is 75.9. The Balaban J connectivity index is 1.73. The van der Waals surface area contributed by atoms with E-state index in [2.05, 4.69) is 25.5 Å². The van der Waals surface area contributed by atoms with Crippen molar-refractivity contribution in [3.05, 3.63) is 42.6 Å². The number of carbonyl (C=O) groups excluding carboxylic acids is 2. The molecule has 19 heteroatoms. The Bertz CT molecular complexity index is 1510. The normalized spacial score (nSPS) is 21.4. The molecule has 4 heterocycles. The van der Waals surface area contributed by atoms with Crippen LogP contribution >= 0.6 is 11.8 Å². The van der Waals surface area contributed by atoms with Gasteiger partial charge in [0.15, 0.2) is 0 Å². The van der Waals surface area contributed by atoms with Crippen LogP contribution < -0.4 is 22.2 Å². The number of nitrogens with zero attached hydrogens (tertiary/aromatic N) is 5. The molecule has 2 aliphatic rings. The third-order valence-corrected chi connectivity index (χ3v) is 9.47. The quantitative estimate of drug-likeness (QED) is 0.0571. The summed E-state index contributed by atoms with van der Waals surface area (Å²) in [7, 11) is 0.666. The zero-order chi connectivity index (χ0) is 27.0. The molecule has 196 valence electrons. The van der Waals surface area contributed by atoms with Gasteiger partial charge in [-0.05, 0) is 0 Å². The van der Waals surface area contributed by atoms with E-state index in [1.165, 1.54) is 14.2 Å². The Morgan fingerprint density at radius 1 is 1.41 bits per heavy atom. The van der Waals surface area contributed by atoms with Gasteiger partial charge in [0.2, 0.25) is 0 Å². The van der Waals surface area contributed by atoms with Crippen molar-refractivity contribution in [2.24, 2.45) is 12.2 Å². The number of thioether (sulfide) groups is 1. The monoisotopic (exact) mass is 618 g/mol. The average Bonchev–Trinajstić information content (AvgIpc) is 3.26. The van der Waals surface area contributed by atoms with Crippen molar-refractivity contribution in [3.8, 4) is 0 Å². The first-order valence-electron chi connectivity index (χ1n) is 10.1. The van der Waals surface area contributed by atoms with Gasteiger partial charge >= 0.3 is 210 Å². The number of carbonyl (C=O) groups is 3. The van der Waals surface area contributed by atoms with Crippen LogP contribution in [-0.4, -0.2) is 95.6 Å². The molecule has 2 amide bonds. The number of carboxylic acid groups (broad SMARTS) is 1. The molecule has 0 spiro atoms. The Morgan fingerprint density at radius 3 is 2.73 bits per heavy atom. The number of nitrogens with one attached hydrogen (secondary N) is 2. The van der Waals surface area contributed by atoms with E-state index in [9.17, 15) is 33.3 Å². The van der Waals surface area contributed by atoms with Crippen molar-refractivity contribution in [1.29, 1.82) is 0 Å². The van der Waals surface area contributed by atoms with E-state index < -0.39 is 56.1 Å². The molecule has 2 aromatic rings. The van der Waals surface area contributed by atoms with Gasteiger partial charge in [0.25, 0.3) is 0 Å². The number of H-pyrrole nitrogens is 1. The fraction of sp³-hybridized carbons (Fsp3) is 0.333. The fourth-order valence-corrected chi connectivity index (χ4v) is 7.54. The molecule has 0 saturated carbocycles. The number of aromatic amines is 1. The number of hydrogen-bond donors (Lipinski definition) is 4. The summed E-state index contributed by atoms with van der Waals surface area (Å²) in [5.74, 6) is -3.13. The number of carboxylic acids is 1. The third kappa shape index (κ3) is 5.02. The summed E-state index contributed by atoms with van der Waals surface area (Å²) in [5, 5.41) is 16.1. The molecule has 16 nitrogen and oxygen atoms in total. The van der Waals surface area contributed by atoms with Crippen LogP contribution in [-0.2, 0) is 37.1 Å². The molecule has 0 radical (unpaired) electrons. The van der Waals surface area contributed by atoms with Crippen molar-refractivity contribution in [2.75, 3.05) is 18.6 Å². The summed E-state index contributed by atoms with van der Waals surface area (Å²) >= 11 is 0.535. The van der Waals surface area contributed by atoms with Crippen LogP contribution in [0.25, 0.3) is 0 Å². The molecule has 2 unspecified atom stereocenters. The third-order valence-electron chi connectivity index (χ3n) is 5.20. The molecule has 0 aromatic carbocycles. The molecule has 4 rings (SSSR count). The van der Waals surface area contributed by atoms with Gasteiger partial charge < -0.3 is 0 Å². The van der Waals surface area contributed by atoms with Crippen LogP contribution in [0.1, 0.15) is 12.1 Å². The Hall–Kier alpha value is -3.54. The summed E-state index contributed by atoms with van der Waals surface area (Å²) < 4.78 is 14.8. The van der Waals surface area contributed by atoms with Gasteiger partial charge in [0.05, 0.1) is 0 Å². The standard InChI is InChI=1S/C18H18N8O8S2Se/c1-25-18(22-13(29)14(30)23-25)35-4-6-11(16(31)32)26-8(27)3-9(26)36(33)15(6)21-12(28)10(24-34-2)7-5-37-17(19)20-7/h5,9,15H,3-4H2,1-2H3,(H2,19,20)(H,21,28)(H,23,30)(H,31,32)/b24-10-/t9-,15?,36?/m1/s1. The predicted octanol–water partition coefficient (Wildman–Crippen LogP) is -3.25. The first-order valence-corrected chi connectivity index (χ1v) is 14.3. The van der Waals surface area contributed by atoms with Crippen LogP contribution in [0.4, 0.5) is 4.69 Å². The van der Waals surface area contributed by atoms with E-state index in [0.717, 1.165) is 21.3 Å². The van der Waals surface area contributed by atoms with E-state index in [-0.39, 0.29) is 48.8 Å². The number of nitrogen functional groups attached to an aromatic ring is 1. The Labute approximate surface area is 219 Å². The molecule has 0 aliphatic carbocycles.